The van der Waals surface area contributed by atoms with E-state index < -0.39 is 11.6 Å². The van der Waals surface area contributed by atoms with Crippen molar-refractivity contribution in [1.29, 1.82) is 0 Å². The lowest BCUT2D eigenvalue weighted by Crippen LogP contribution is -2.01. The van der Waals surface area contributed by atoms with Gasteiger partial charge in [0.05, 0.1) is 6.61 Å². The van der Waals surface area contributed by atoms with Crippen LogP contribution < -0.4 is 4.74 Å². The molecule has 0 aliphatic heterocycles. The van der Waals surface area contributed by atoms with Crippen LogP contribution in [-0.4, -0.2) is 5.11 Å². The van der Waals surface area contributed by atoms with Gasteiger partial charge in [-0.15, -0.1) is 0 Å². The van der Waals surface area contributed by atoms with Crippen LogP contribution >= 0.6 is 15.9 Å². The Labute approximate surface area is 117 Å². The molecule has 5 heteroatoms. The maximum Gasteiger partial charge on any atom is 0.130 e. The summed E-state index contributed by atoms with van der Waals surface area (Å²) in [5.41, 5.74) is 0.706. The minimum Gasteiger partial charge on any atom is -0.488 e. The summed E-state index contributed by atoms with van der Waals surface area (Å²) in [7, 11) is 0. The molecule has 0 amide bonds. The number of rotatable bonds is 4. The normalized spacial score (nSPS) is 10.5. The van der Waals surface area contributed by atoms with Gasteiger partial charge in [-0.2, -0.15) is 0 Å². The zero-order valence-electron chi connectivity index (χ0n) is 9.87. The number of hydrogen-bond acceptors (Lipinski definition) is 2. The predicted octanol–water partition coefficient (Wildman–Crippen LogP) is 3.80. The third kappa shape index (κ3) is 3.52. The molecule has 0 atom stereocenters. The Morgan fingerprint density at radius 1 is 1.05 bits per heavy atom. The van der Waals surface area contributed by atoms with Gasteiger partial charge in [-0.1, -0.05) is 15.9 Å². The van der Waals surface area contributed by atoms with Gasteiger partial charge in [0.2, 0.25) is 0 Å². The third-order valence-corrected chi connectivity index (χ3v) is 3.08. The summed E-state index contributed by atoms with van der Waals surface area (Å²) in [6.45, 7) is -0.293. The highest BCUT2D eigenvalue weighted by Crippen LogP contribution is 2.24. The summed E-state index contributed by atoms with van der Waals surface area (Å²) >= 11 is 3.28. The molecule has 0 unspecified atom stereocenters. The molecule has 0 aromatic heterocycles. The highest BCUT2D eigenvalue weighted by atomic mass is 79.9. The fourth-order valence-corrected chi connectivity index (χ4v) is 2.03. The second kappa shape index (κ2) is 6.12. The molecule has 0 radical (unpaired) electrons. The Morgan fingerprint density at radius 3 is 2.58 bits per heavy atom. The Kier molecular flexibility index (Phi) is 4.50. The fraction of sp³-hybridized carbons (Fsp3) is 0.143. The van der Waals surface area contributed by atoms with Crippen LogP contribution in [0.15, 0.2) is 40.9 Å². The van der Waals surface area contributed by atoms with Gasteiger partial charge < -0.3 is 9.84 Å². The van der Waals surface area contributed by atoms with Crippen LogP contribution in [0.3, 0.4) is 0 Å². The first-order chi connectivity index (χ1) is 9.10. The number of halogens is 3. The highest BCUT2D eigenvalue weighted by molar-refractivity contribution is 9.10. The standard InChI is InChI=1S/C14H11BrF2O2/c15-11-1-4-14(9(5-11)7-18)19-8-10-6-12(16)2-3-13(10)17/h1-6,18H,7-8H2. The van der Waals surface area contributed by atoms with Crippen molar-refractivity contribution < 1.29 is 18.6 Å². The first kappa shape index (κ1) is 14.0. The Morgan fingerprint density at radius 2 is 1.84 bits per heavy atom. The van der Waals surface area contributed by atoms with Gasteiger partial charge in [-0.3, -0.25) is 0 Å². The zero-order valence-corrected chi connectivity index (χ0v) is 11.5. The number of benzene rings is 2. The molecule has 19 heavy (non-hydrogen) atoms. The Balaban J connectivity index is 2.16. The maximum atomic E-state index is 13.4. The van der Waals surface area contributed by atoms with Crippen LogP contribution in [0.2, 0.25) is 0 Å². The van der Waals surface area contributed by atoms with Crippen molar-refractivity contribution in [2.75, 3.05) is 0 Å². The first-order valence-electron chi connectivity index (χ1n) is 5.56. The van der Waals surface area contributed by atoms with Gasteiger partial charge in [0.1, 0.15) is 24.0 Å². The molecule has 0 fully saturated rings. The molecule has 2 nitrogen and oxygen atoms in total. The molecule has 0 spiro atoms. The molecule has 0 aliphatic carbocycles. The van der Waals surface area contributed by atoms with Gasteiger partial charge >= 0.3 is 0 Å². The largest absolute Gasteiger partial charge is 0.488 e. The van der Waals surface area contributed by atoms with E-state index in [1.54, 1.807) is 18.2 Å². The topological polar surface area (TPSA) is 29.5 Å². The van der Waals surface area contributed by atoms with Crippen LogP contribution in [0.1, 0.15) is 11.1 Å². The van der Waals surface area contributed by atoms with Gasteiger partial charge in [0.25, 0.3) is 0 Å². The summed E-state index contributed by atoms with van der Waals surface area (Å²) in [5, 5.41) is 9.20. The van der Waals surface area contributed by atoms with E-state index in [-0.39, 0.29) is 18.8 Å². The van der Waals surface area contributed by atoms with E-state index in [1.165, 1.54) is 0 Å². The maximum absolute atomic E-state index is 13.4. The smallest absolute Gasteiger partial charge is 0.130 e. The number of hydrogen-bond donors (Lipinski definition) is 1. The average Bonchev–Trinajstić information content (AvgIpc) is 2.40. The lowest BCUT2D eigenvalue weighted by atomic mass is 10.2. The lowest BCUT2D eigenvalue weighted by Gasteiger charge is -2.11. The summed E-state index contributed by atoms with van der Waals surface area (Å²) in [6.07, 6.45) is 0. The van der Waals surface area contributed by atoms with E-state index in [1.807, 2.05) is 0 Å². The average molecular weight is 329 g/mol. The molecule has 0 aliphatic rings. The van der Waals surface area contributed by atoms with Gasteiger partial charge in [0.15, 0.2) is 0 Å². The molecular formula is C14H11BrF2O2. The highest BCUT2D eigenvalue weighted by Gasteiger charge is 2.07. The Hall–Kier alpha value is -1.46. The lowest BCUT2D eigenvalue weighted by molar-refractivity contribution is 0.257. The van der Waals surface area contributed by atoms with Gasteiger partial charge in [-0.05, 0) is 36.4 Å². The molecule has 2 aromatic rings. The summed E-state index contributed by atoms with van der Waals surface area (Å²) in [6, 6.07) is 8.31. The van der Waals surface area contributed by atoms with E-state index >= 15 is 0 Å². The van der Waals surface area contributed by atoms with E-state index in [2.05, 4.69) is 15.9 Å². The molecule has 0 heterocycles. The van der Waals surface area contributed by atoms with Crippen LogP contribution in [0.4, 0.5) is 8.78 Å². The summed E-state index contributed by atoms with van der Waals surface area (Å²) in [5.74, 6) is -0.600. The number of ether oxygens (including phenoxy) is 1. The quantitative estimate of drug-likeness (QED) is 0.925. The minimum atomic E-state index is -0.524. The van der Waals surface area contributed by atoms with Crippen molar-refractivity contribution in [2.24, 2.45) is 0 Å². The van der Waals surface area contributed by atoms with Crippen molar-refractivity contribution in [1.82, 2.24) is 0 Å². The third-order valence-electron chi connectivity index (χ3n) is 2.58. The van der Waals surface area contributed by atoms with Crippen LogP contribution in [0, 0.1) is 11.6 Å². The van der Waals surface area contributed by atoms with Crippen molar-refractivity contribution in [2.45, 2.75) is 13.2 Å². The van der Waals surface area contributed by atoms with Gasteiger partial charge in [0, 0.05) is 15.6 Å². The fourth-order valence-electron chi connectivity index (χ4n) is 1.62. The summed E-state index contributed by atoms with van der Waals surface area (Å²) < 4.78 is 32.6. The monoisotopic (exact) mass is 328 g/mol. The predicted molar refractivity (Wildman–Crippen MR) is 70.8 cm³/mol. The number of aliphatic hydroxyl groups is 1. The molecule has 2 aromatic carbocycles. The van der Waals surface area contributed by atoms with E-state index in [0.717, 1.165) is 22.7 Å². The van der Waals surface area contributed by atoms with E-state index in [9.17, 15) is 13.9 Å². The van der Waals surface area contributed by atoms with Crippen LogP contribution in [-0.2, 0) is 13.2 Å². The minimum absolute atomic E-state index is 0.0990. The first-order valence-corrected chi connectivity index (χ1v) is 6.35. The van der Waals surface area contributed by atoms with Crippen molar-refractivity contribution >= 4 is 15.9 Å². The molecule has 0 saturated carbocycles. The SMILES string of the molecule is OCc1cc(Br)ccc1OCc1cc(F)ccc1F. The zero-order chi connectivity index (χ0) is 13.8. The molecule has 100 valence electrons. The molecule has 0 saturated heterocycles. The second-order valence-corrected chi connectivity index (χ2v) is 4.85. The van der Waals surface area contributed by atoms with E-state index in [0.29, 0.717) is 11.3 Å². The molecule has 2 rings (SSSR count). The molecular weight excluding hydrogens is 318 g/mol. The molecule has 0 bridgehead atoms. The van der Waals surface area contributed by atoms with Crippen molar-refractivity contribution in [3.63, 3.8) is 0 Å². The van der Waals surface area contributed by atoms with Crippen molar-refractivity contribution in [3.05, 3.63) is 63.6 Å². The van der Waals surface area contributed by atoms with Crippen molar-refractivity contribution in [3.8, 4) is 5.75 Å². The molecule has 1 N–H and O–H groups in total. The Bertz CT molecular complexity index is 588. The second-order valence-electron chi connectivity index (χ2n) is 3.93. The summed E-state index contributed by atoms with van der Waals surface area (Å²) in [4.78, 5) is 0. The number of aliphatic hydroxyl groups excluding tert-OH is 1. The van der Waals surface area contributed by atoms with E-state index in [4.69, 9.17) is 4.74 Å². The van der Waals surface area contributed by atoms with Crippen LogP contribution in [0.5, 0.6) is 5.75 Å². The van der Waals surface area contributed by atoms with Crippen LogP contribution in [0.25, 0.3) is 0 Å². The van der Waals surface area contributed by atoms with Gasteiger partial charge in [-0.25, -0.2) is 8.78 Å².